The molecule has 0 aromatic heterocycles. The Bertz CT molecular complexity index is 1110. The lowest BCUT2D eigenvalue weighted by Crippen LogP contribution is -2.63. The average Bonchev–Trinajstić information content (AvgIpc) is 3.40. The fourth-order valence-electron chi connectivity index (χ4n) is 5.02. The lowest BCUT2D eigenvalue weighted by atomic mass is 9.75. The van der Waals surface area contributed by atoms with E-state index < -0.39 is 48.3 Å². The Morgan fingerprint density at radius 2 is 2.00 bits per heavy atom. The molecule has 216 valence electrons. The third-order valence-electron chi connectivity index (χ3n) is 6.90. The number of hydrogen-bond donors (Lipinski definition) is 4. The van der Waals surface area contributed by atoms with Gasteiger partial charge in [0.2, 0.25) is 17.7 Å². The SMILES string of the molecule is CC(CNC(=O)CN=NC(=NN)C(F)(F)F)[C@H]1C(=O)N2C(C(=O)O)=C(S[C@@H]3CN[C@H](C(=O)N(C)C)C3)[C@H](C)[C@H]12. The molecule has 39 heavy (non-hydrogen) atoms. The Balaban J connectivity index is 1.60. The summed E-state index contributed by atoms with van der Waals surface area (Å²) in [5.41, 5.74) is -0.0557. The molecule has 0 saturated carbocycles. The van der Waals surface area contributed by atoms with Gasteiger partial charge in [-0.3, -0.25) is 14.4 Å². The van der Waals surface area contributed by atoms with E-state index in [9.17, 15) is 37.5 Å². The maximum absolute atomic E-state index is 13.0. The molecule has 3 amide bonds. The number of β-lactam (4-membered cyclic amide) rings is 1. The van der Waals surface area contributed by atoms with Gasteiger partial charge in [0.15, 0.2) is 0 Å². The van der Waals surface area contributed by atoms with Gasteiger partial charge in [-0.2, -0.15) is 23.4 Å². The molecule has 6 atom stereocenters. The predicted octanol–water partition coefficient (Wildman–Crippen LogP) is 0.350. The number of amides is 3. The number of fused-ring (bicyclic) bond motifs is 1. The summed E-state index contributed by atoms with van der Waals surface area (Å²) in [6, 6.07) is -0.776. The minimum Gasteiger partial charge on any atom is -0.477 e. The number of hydrogen-bond acceptors (Lipinski definition) is 9. The highest BCUT2D eigenvalue weighted by Gasteiger charge is 2.60. The Morgan fingerprint density at radius 3 is 2.56 bits per heavy atom. The van der Waals surface area contributed by atoms with Crippen molar-refractivity contribution >= 4 is 41.3 Å². The molecule has 0 radical (unpaired) electrons. The van der Waals surface area contributed by atoms with Crippen LogP contribution >= 0.6 is 11.8 Å². The number of carbonyl (C=O) groups excluding carboxylic acids is 3. The summed E-state index contributed by atoms with van der Waals surface area (Å²) in [6.07, 6.45) is -4.38. The number of amidine groups is 1. The van der Waals surface area contributed by atoms with Crippen LogP contribution in [0.15, 0.2) is 25.9 Å². The molecule has 13 nitrogen and oxygen atoms in total. The first-order valence-corrected chi connectivity index (χ1v) is 13.0. The molecule has 1 unspecified atom stereocenters. The van der Waals surface area contributed by atoms with Crippen molar-refractivity contribution in [2.75, 3.05) is 33.7 Å². The van der Waals surface area contributed by atoms with E-state index >= 15 is 0 Å². The van der Waals surface area contributed by atoms with Crippen LogP contribution < -0.4 is 16.5 Å². The van der Waals surface area contributed by atoms with Crippen LogP contribution in [0.4, 0.5) is 13.2 Å². The topological polar surface area (TPSA) is 182 Å². The second kappa shape index (κ2) is 11.9. The molecule has 5 N–H and O–H groups in total. The molecule has 3 rings (SSSR count). The highest BCUT2D eigenvalue weighted by atomic mass is 32.2. The minimum absolute atomic E-state index is 0.0185. The van der Waals surface area contributed by atoms with Crippen molar-refractivity contribution in [1.82, 2.24) is 20.4 Å². The maximum atomic E-state index is 13.0. The summed E-state index contributed by atoms with van der Waals surface area (Å²) in [5.74, 6) is -0.664. The summed E-state index contributed by atoms with van der Waals surface area (Å²) in [6.45, 7) is 3.40. The standard InChI is InChI=1S/C22H31F3N8O5S/c1-9(6-28-13(34)8-29-31-21(30-26)22(23,24)25)14-15-10(2)17(16(20(37)38)33(15)19(14)36)39-11-5-12(27-7-11)18(35)32(3)4/h9-12,14-15,27H,5-8,26H2,1-4H3,(H,28,34)(H,37,38)/t9?,10-,11+,12+,14-,15-/m1/s1. The summed E-state index contributed by atoms with van der Waals surface area (Å²) in [4.78, 5) is 52.9. The normalized spacial score (nSPS) is 28.0. The minimum atomic E-state index is -4.91. The van der Waals surface area contributed by atoms with Gasteiger partial charge in [0, 0.05) is 43.3 Å². The van der Waals surface area contributed by atoms with Gasteiger partial charge in [0.1, 0.15) is 12.2 Å². The van der Waals surface area contributed by atoms with Crippen molar-refractivity contribution in [3.05, 3.63) is 10.6 Å². The smallest absolute Gasteiger partial charge is 0.455 e. The Kier molecular flexibility index (Phi) is 9.25. The third-order valence-corrected chi connectivity index (χ3v) is 8.42. The number of azo groups is 1. The zero-order chi connectivity index (χ0) is 29.2. The zero-order valence-electron chi connectivity index (χ0n) is 21.7. The Hall–Kier alpha value is -3.21. The molecule has 3 aliphatic heterocycles. The van der Waals surface area contributed by atoms with Gasteiger partial charge < -0.3 is 31.4 Å². The zero-order valence-corrected chi connectivity index (χ0v) is 22.5. The number of hydrazone groups is 1. The van der Waals surface area contributed by atoms with Gasteiger partial charge in [-0.1, -0.05) is 13.8 Å². The van der Waals surface area contributed by atoms with Crippen molar-refractivity contribution in [3.8, 4) is 0 Å². The lowest BCUT2D eigenvalue weighted by molar-refractivity contribution is -0.159. The van der Waals surface area contributed by atoms with E-state index in [0.29, 0.717) is 17.9 Å². The molecule has 17 heteroatoms. The van der Waals surface area contributed by atoms with E-state index in [4.69, 9.17) is 0 Å². The van der Waals surface area contributed by atoms with Crippen LogP contribution in [0.5, 0.6) is 0 Å². The van der Waals surface area contributed by atoms with Crippen LogP contribution in [0.3, 0.4) is 0 Å². The van der Waals surface area contributed by atoms with Gasteiger partial charge in [0.25, 0.3) is 5.84 Å². The summed E-state index contributed by atoms with van der Waals surface area (Å²) >= 11 is 1.37. The monoisotopic (exact) mass is 576 g/mol. The number of aliphatic carboxylic acids is 1. The molecule has 2 saturated heterocycles. The number of nitrogens with one attached hydrogen (secondary N) is 2. The second-order valence-corrected chi connectivity index (χ2v) is 11.2. The number of carboxylic acids is 1. The molecule has 2 fully saturated rings. The number of nitrogens with zero attached hydrogens (tertiary/aromatic N) is 5. The number of carboxylic acid groups (broad SMARTS) is 1. The highest BCUT2D eigenvalue weighted by molar-refractivity contribution is 8.03. The van der Waals surface area contributed by atoms with Gasteiger partial charge in [0.05, 0.1) is 18.0 Å². The van der Waals surface area contributed by atoms with Crippen molar-refractivity contribution in [1.29, 1.82) is 0 Å². The first-order valence-electron chi connectivity index (χ1n) is 12.1. The van der Waals surface area contributed by atoms with E-state index in [0.717, 1.165) is 0 Å². The number of halogens is 3. The first-order chi connectivity index (χ1) is 18.2. The van der Waals surface area contributed by atoms with E-state index in [1.165, 1.54) is 21.6 Å². The van der Waals surface area contributed by atoms with Crippen molar-refractivity contribution in [2.24, 2.45) is 38.9 Å². The number of nitrogens with two attached hydrogens (primary N) is 1. The molecule has 0 aliphatic carbocycles. The molecule has 0 spiro atoms. The van der Waals surface area contributed by atoms with Gasteiger partial charge >= 0.3 is 12.1 Å². The number of likely N-dealkylation sites (N-methyl/N-ethyl adjacent to an activating group) is 1. The average molecular weight is 577 g/mol. The molecule has 0 aromatic carbocycles. The number of rotatable bonds is 9. The van der Waals surface area contributed by atoms with Crippen LogP contribution in [-0.4, -0.2) is 102 Å². The van der Waals surface area contributed by atoms with E-state index in [2.05, 4.69) is 31.8 Å². The molecule has 3 aliphatic rings. The molecular formula is C22H31F3N8O5S. The second-order valence-electron chi connectivity index (χ2n) is 9.83. The van der Waals surface area contributed by atoms with Crippen LogP contribution in [0.2, 0.25) is 0 Å². The van der Waals surface area contributed by atoms with Crippen LogP contribution in [0, 0.1) is 17.8 Å². The van der Waals surface area contributed by atoms with Crippen LogP contribution in [0.25, 0.3) is 0 Å². The largest absolute Gasteiger partial charge is 0.477 e. The first kappa shape index (κ1) is 30.3. The predicted molar refractivity (Wildman–Crippen MR) is 134 cm³/mol. The van der Waals surface area contributed by atoms with Gasteiger partial charge in [-0.05, 0) is 12.3 Å². The highest BCUT2D eigenvalue weighted by Crippen LogP contribution is 2.52. The van der Waals surface area contributed by atoms with E-state index in [-0.39, 0.29) is 41.3 Å². The Labute approximate surface area is 226 Å². The Morgan fingerprint density at radius 1 is 1.33 bits per heavy atom. The number of thioether (sulfide) groups is 1. The lowest BCUT2D eigenvalue weighted by Gasteiger charge is -2.47. The molecule has 3 heterocycles. The molecular weight excluding hydrogens is 545 g/mol. The van der Waals surface area contributed by atoms with Crippen molar-refractivity contribution < 1.29 is 37.5 Å². The molecule has 0 bridgehead atoms. The van der Waals surface area contributed by atoms with Crippen LogP contribution in [-0.2, 0) is 19.2 Å². The molecule has 0 aromatic rings. The number of alkyl halides is 3. The third kappa shape index (κ3) is 6.34. The quantitative estimate of drug-likeness (QED) is 0.0757. The van der Waals surface area contributed by atoms with E-state index in [1.807, 2.05) is 6.92 Å². The van der Waals surface area contributed by atoms with Crippen molar-refractivity contribution in [3.63, 3.8) is 0 Å². The summed E-state index contributed by atoms with van der Waals surface area (Å²) < 4.78 is 37.6. The summed E-state index contributed by atoms with van der Waals surface area (Å²) in [5, 5.41) is 24.0. The number of carbonyl (C=O) groups is 4. The maximum Gasteiger partial charge on any atom is 0.455 e. The summed E-state index contributed by atoms with van der Waals surface area (Å²) in [7, 11) is 3.33. The fourth-order valence-corrected chi connectivity index (χ4v) is 6.50. The fraction of sp³-hybridized carbons (Fsp3) is 0.682. The van der Waals surface area contributed by atoms with Gasteiger partial charge in [-0.25, -0.2) is 4.79 Å². The van der Waals surface area contributed by atoms with E-state index in [1.54, 1.807) is 21.0 Å². The van der Waals surface area contributed by atoms with Gasteiger partial charge in [-0.15, -0.1) is 16.9 Å². The van der Waals surface area contributed by atoms with Crippen molar-refractivity contribution in [2.45, 2.75) is 43.8 Å². The van der Waals surface area contributed by atoms with Crippen LogP contribution in [0.1, 0.15) is 20.3 Å².